The highest BCUT2D eigenvalue weighted by Crippen LogP contribution is 2.12. The average molecular weight is 272 g/mol. The molecule has 0 aliphatic heterocycles. The average Bonchev–Trinajstić information content (AvgIpc) is 2.46. The molecule has 0 saturated heterocycles. The van der Waals surface area contributed by atoms with Crippen LogP contribution in [-0.4, -0.2) is 12.2 Å². The lowest BCUT2D eigenvalue weighted by Crippen LogP contribution is -2.27. The molecule has 0 radical (unpaired) electrons. The second-order valence-electron chi connectivity index (χ2n) is 4.03. The number of thiocarbonyl (C=S) groups is 1. The molecular weight excluding hydrogens is 256 g/mol. The van der Waals surface area contributed by atoms with Gasteiger partial charge in [-0.1, -0.05) is 30.3 Å². The largest absolute Gasteiger partial charge is 0.497 e. The van der Waals surface area contributed by atoms with E-state index >= 15 is 0 Å². The van der Waals surface area contributed by atoms with Crippen molar-refractivity contribution in [3.05, 3.63) is 60.2 Å². The number of benzene rings is 2. The van der Waals surface area contributed by atoms with Gasteiger partial charge in [0.15, 0.2) is 5.11 Å². The van der Waals surface area contributed by atoms with Crippen molar-refractivity contribution >= 4 is 23.0 Å². The summed E-state index contributed by atoms with van der Waals surface area (Å²) in [5.74, 6) is 0.848. The maximum Gasteiger partial charge on any atom is 0.171 e. The predicted octanol–water partition coefficient (Wildman–Crippen LogP) is 3.18. The number of methoxy groups -OCH3 is 1. The van der Waals surface area contributed by atoms with Crippen LogP contribution in [0.15, 0.2) is 54.6 Å². The van der Waals surface area contributed by atoms with Crippen molar-refractivity contribution in [2.45, 2.75) is 6.54 Å². The molecule has 19 heavy (non-hydrogen) atoms. The van der Waals surface area contributed by atoms with Gasteiger partial charge in [0.05, 0.1) is 7.11 Å². The summed E-state index contributed by atoms with van der Waals surface area (Å²) >= 11 is 5.24. The summed E-state index contributed by atoms with van der Waals surface area (Å²) in [6.07, 6.45) is 0. The fourth-order valence-electron chi connectivity index (χ4n) is 1.66. The normalized spacial score (nSPS) is 9.74. The molecule has 2 aromatic rings. The van der Waals surface area contributed by atoms with E-state index in [1.165, 1.54) is 0 Å². The lowest BCUT2D eigenvalue weighted by molar-refractivity contribution is 0.414. The topological polar surface area (TPSA) is 33.3 Å². The minimum atomic E-state index is 0.606. The van der Waals surface area contributed by atoms with E-state index in [2.05, 4.69) is 10.6 Å². The van der Waals surface area contributed by atoms with E-state index in [9.17, 15) is 0 Å². The van der Waals surface area contributed by atoms with E-state index in [-0.39, 0.29) is 0 Å². The molecule has 2 rings (SSSR count). The van der Waals surface area contributed by atoms with Crippen molar-refractivity contribution in [2.75, 3.05) is 12.4 Å². The van der Waals surface area contributed by atoms with Crippen LogP contribution in [0.1, 0.15) is 5.56 Å². The van der Waals surface area contributed by atoms with Crippen LogP contribution in [0.3, 0.4) is 0 Å². The summed E-state index contributed by atoms with van der Waals surface area (Å²) < 4.78 is 5.18. The van der Waals surface area contributed by atoms with Crippen molar-refractivity contribution < 1.29 is 4.74 Å². The van der Waals surface area contributed by atoms with Crippen LogP contribution in [0.2, 0.25) is 0 Å². The molecule has 0 aliphatic carbocycles. The molecule has 0 atom stereocenters. The zero-order chi connectivity index (χ0) is 13.5. The first-order valence-corrected chi connectivity index (χ1v) is 6.41. The fraction of sp³-hybridized carbons (Fsp3) is 0.133. The Labute approximate surface area is 118 Å². The molecule has 0 heterocycles. The fourth-order valence-corrected chi connectivity index (χ4v) is 1.85. The summed E-state index contributed by atoms with van der Waals surface area (Å²) in [7, 11) is 1.66. The predicted molar refractivity (Wildman–Crippen MR) is 82.5 cm³/mol. The molecule has 0 bridgehead atoms. The van der Waals surface area contributed by atoms with Crippen molar-refractivity contribution in [3.63, 3.8) is 0 Å². The van der Waals surface area contributed by atoms with Crippen LogP contribution < -0.4 is 15.4 Å². The lowest BCUT2D eigenvalue weighted by Gasteiger charge is -2.11. The van der Waals surface area contributed by atoms with Crippen LogP contribution in [0.4, 0.5) is 5.69 Å². The van der Waals surface area contributed by atoms with Gasteiger partial charge < -0.3 is 15.4 Å². The molecule has 0 spiro atoms. The first kappa shape index (κ1) is 13.4. The standard InChI is InChI=1S/C15H16N2OS/c1-18-14-9-5-6-12(10-14)11-16-15(19)17-13-7-3-2-4-8-13/h2-10H,11H2,1H3,(H2,16,17,19). The number of ether oxygens (including phenoxy) is 1. The maximum atomic E-state index is 5.24. The third-order valence-electron chi connectivity index (χ3n) is 2.62. The van der Waals surface area contributed by atoms with Gasteiger partial charge in [-0.25, -0.2) is 0 Å². The molecule has 0 aromatic heterocycles. The number of rotatable bonds is 4. The van der Waals surface area contributed by atoms with Gasteiger partial charge in [-0.05, 0) is 42.0 Å². The van der Waals surface area contributed by atoms with E-state index in [4.69, 9.17) is 17.0 Å². The first-order chi connectivity index (χ1) is 9.28. The maximum absolute atomic E-state index is 5.24. The van der Waals surface area contributed by atoms with Gasteiger partial charge in [-0.3, -0.25) is 0 Å². The summed E-state index contributed by atoms with van der Waals surface area (Å²) in [4.78, 5) is 0. The number of para-hydroxylation sites is 1. The van der Waals surface area contributed by atoms with E-state index < -0.39 is 0 Å². The van der Waals surface area contributed by atoms with Gasteiger partial charge in [0.2, 0.25) is 0 Å². The van der Waals surface area contributed by atoms with Gasteiger partial charge in [-0.2, -0.15) is 0 Å². The van der Waals surface area contributed by atoms with Crippen LogP contribution >= 0.6 is 12.2 Å². The molecule has 2 aromatic carbocycles. The number of hydrogen-bond donors (Lipinski definition) is 2. The zero-order valence-corrected chi connectivity index (χ0v) is 11.5. The van der Waals surface area contributed by atoms with Gasteiger partial charge in [-0.15, -0.1) is 0 Å². The molecule has 2 N–H and O–H groups in total. The molecule has 4 heteroatoms. The Hall–Kier alpha value is -2.07. The van der Waals surface area contributed by atoms with E-state index in [0.717, 1.165) is 17.0 Å². The second kappa shape index (κ2) is 6.75. The molecule has 3 nitrogen and oxygen atoms in total. The summed E-state index contributed by atoms with van der Waals surface area (Å²) in [5, 5.41) is 6.90. The van der Waals surface area contributed by atoms with Gasteiger partial charge in [0, 0.05) is 12.2 Å². The molecule has 0 aliphatic rings. The first-order valence-electron chi connectivity index (χ1n) is 6.01. The molecular formula is C15H16N2OS. The monoisotopic (exact) mass is 272 g/mol. The highest BCUT2D eigenvalue weighted by molar-refractivity contribution is 7.80. The van der Waals surface area contributed by atoms with Crippen LogP contribution in [0, 0.1) is 0 Å². The van der Waals surface area contributed by atoms with E-state index in [1.54, 1.807) is 7.11 Å². The van der Waals surface area contributed by atoms with Crippen LogP contribution in [0.5, 0.6) is 5.75 Å². The smallest absolute Gasteiger partial charge is 0.171 e. The van der Waals surface area contributed by atoms with Crippen molar-refractivity contribution in [3.8, 4) is 5.75 Å². The quantitative estimate of drug-likeness (QED) is 0.838. The van der Waals surface area contributed by atoms with Crippen molar-refractivity contribution in [1.82, 2.24) is 5.32 Å². The highest BCUT2D eigenvalue weighted by atomic mass is 32.1. The Balaban J connectivity index is 1.86. The van der Waals surface area contributed by atoms with Gasteiger partial charge in [0.1, 0.15) is 5.75 Å². The number of nitrogens with one attached hydrogen (secondary N) is 2. The van der Waals surface area contributed by atoms with E-state index in [1.807, 2.05) is 54.6 Å². The number of hydrogen-bond acceptors (Lipinski definition) is 2. The molecule has 0 saturated carbocycles. The Morgan fingerprint density at radius 1 is 1.11 bits per heavy atom. The van der Waals surface area contributed by atoms with Gasteiger partial charge in [0.25, 0.3) is 0 Å². The zero-order valence-electron chi connectivity index (χ0n) is 10.7. The van der Waals surface area contributed by atoms with Crippen LogP contribution in [0.25, 0.3) is 0 Å². The Morgan fingerprint density at radius 2 is 1.89 bits per heavy atom. The summed E-state index contributed by atoms with van der Waals surface area (Å²) in [6.45, 7) is 0.663. The molecule has 0 fully saturated rings. The third-order valence-corrected chi connectivity index (χ3v) is 2.87. The minimum absolute atomic E-state index is 0.606. The van der Waals surface area contributed by atoms with E-state index in [0.29, 0.717) is 11.7 Å². The third kappa shape index (κ3) is 4.26. The summed E-state index contributed by atoms with van der Waals surface area (Å²) in [6, 6.07) is 17.7. The SMILES string of the molecule is COc1cccc(CNC(=S)Nc2ccccc2)c1. The minimum Gasteiger partial charge on any atom is -0.497 e. The molecule has 0 unspecified atom stereocenters. The highest BCUT2D eigenvalue weighted by Gasteiger charge is 1.99. The second-order valence-corrected chi connectivity index (χ2v) is 4.43. The van der Waals surface area contributed by atoms with Crippen LogP contribution in [-0.2, 0) is 6.54 Å². The van der Waals surface area contributed by atoms with Crippen molar-refractivity contribution in [2.24, 2.45) is 0 Å². The van der Waals surface area contributed by atoms with Crippen molar-refractivity contribution in [1.29, 1.82) is 0 Å². The Bertz CT molecular complexity index is 543. The molecule has 98 valence electrons. The number of anilines is 1. The summed E-state index contributed by atoms with van der Waals surface area (Å²) in [5.41, 5.74) is 2.10. The van der Waals surface area contributed by atoms with Gasteiger partial charge >= 0.3 is 0 Å². The Morgan fingerprint density at radius 3 is 2.63 bits per heavy atom. The lowest BCUT2D eigenvalue weighted by atomic mass is 10.2. The molecule has 0 amide bonds. The Kier molecular flexibility index (Phi) is 4.75.